The third-order valence-electron chi connectivity index (χ3n) is 3.46. The summed E-state index contributed by atoms with van der Waals surface area (Å²) in [5.41, 5.74) is 1.69. The monoisotopic (exact) mass is 246 g/mol. The van der Waals surface area contributed by atoms with Crippen LogP contribution >= 0.6 is 0 Å². The van der Waals surface area contributed by atoms with Crippen LogP contribution in [0.1, 0.15) is 30.0 Å². The lowest BCUT2D eigenvalue weighted by Crippen LogP contribution is -2.38. The van der Waals surface area contributed by atoms with Crippen molar-refractivity contribution in [2.75, 3.05) is 13.1 Å². The number of rotatable bonds is 2. The molecule has 2 N–H and O–H groups in total. The van der Waals surface area contributed by atoms with Gasteiger partial charge in [0.15, 0.2) is 0 Å². The molecule has 1 aromatic rings. The molecule has 4 nitrogen and oxygen atoms in total. The van der Waals surface area contributed by atoms with Gasteiger partial charge in [-0.3, -0.25) is 4.90 Å². The van der Waals surface area contributed by atoms with Crippen molar-refractivity contribution in [2.24, 2.45) is 0 Å². The summed E-state index contributed by atoms with van der Waals surface area (Å²) in [6.45, 7) is 3.32. The molecule has 2 rings (SSSR count). The van der Waals surface area contributed by atoms with Gasteiger partial charge in [-0.25, -0.2) is 0 Å². The molecule has 1 aliphatic heterocycles. The molecular formula is C14H18N2O2. The minimum Gasteiger partial charge on any atom is -0.508 e. The molecule has 0 saturated carbocycles. The normalized spacial score (nSPS) is 19.4. The summed E-state index contributed by atoms with van der Waals surface area (Å²) in [5.74, 6) is 0.165. The third-order valence-corrected chi connectivity index (χ3v) is 3.46. The fourth-order valence-corrected chi connectivity index (χ4v) is 2.38. The van der Waals surface area contributed by atoms with Crippen LogP contribution in [-0.2, 0) is 0 Å². The second-order valence-electron chi connectivity index (χ2n) is 4.86. The fraction of sp³-hybridized carbons (Fsp3) is 0.500. The van der Waals surface area contributed by atoms with E-state index in [4.69, 9.17) is 0 Å². The predicted molar refractivity (Wildman–Crippen MR) is 68.0 cm³/mol. The number of aryl methyl sites for hydroxylation is 1. The largest absolute Gasteiger partial charge is 0.508 e. The van der Waals surface area contributed by atoms with Crippen LogP contribution in [0.5, 0.6) is 5.75 Å². The molecule has 4 heteroatoms. The zero-order valence-corrected chi connectivity index (χ0v) is 10.5. The van der Waals surface area contributed by atoms with Crippen molar-refractivity contribution in [3.05, 3.63) is 29.3 Å². The zero-order chi connectivity index (χ0) is 13.1. The van der Waals surface area contributed by atoms with Gasteiger partial charge >= 0.3 is 0 Å². The van der Waals surface area contributed by atoms with Crippen LogP contribution in [0.25, 0.3) is 0 Å². The summed E-state index contributed by atoms with van der Waals surface area (Å²) < 4.78 is 0. The van der Waals surface area contributed by atoms with E-state index in [-0.39, 0.29) is 11.9 Å². The minimum absolute atomic E-state index is 0.165. The van der Waals surface area contributed by atoms with E-state index in [1.807, 2.05) is 24.0 Å². The molecule has 1 heterocycles. The van der Waals surface area contributed by atoms with Gasteiger partial charge in [-0.05, 0) is 31.9 Å². The highest BCUT2D eigenvalue weighted by Gasteiger charge is 2.26. The molecule has 1 aliphatic rings. The molecule has 96 valence electrons. The van der Waals surface area contributed by atoms with Gasteiger partial charge in [0.25, 0.3) is 0 Å². The van der Waals surface area contributed by atoms with Gasteiger partial charge in [0.1, 0.15) is 11.8 Å². The predicted octanol–water partition coefficient (Wildman–Crippen LogP) is 1.72. The molecule has 0 aromatic heterocycles. The number of likely N-dealkylation sites (tertiary alicyclic amines) is 1. The first kappa shape index (κ1) is 12.9. The van der Waals surface area contributed by atoms with Crippen molar-refractivity contribution < 1.29 is 10.2 Å². The lowest BCUT2D eigenvalue weighted by molar-refractivity contribution is 0.0712. The first-order chi connectivity index (χ1) is 8.61. The molecule has 18 heavy (non-hydrogen) atoms. The van der Waals surface area contributed by atoms with Gasteiger partial charge in [-0.1, -0.05) is 11.6 Å². The smallest absolute Gasteiger partial charge is 0.127 e. The van der Waals surface area contributed by atoms with Crippen LogP contribution in [0, 0.1) is 18.3 Å². The zero-order valence-electron chi connectivity index (χ0n) is 10.5. The molecule has 1 atom stereocenters. The quantitative estimate of drug-likeness (QED) is 0.833. The molecule has 1 aromatic carbocycles. The second-order valence-corrected chi connectivity index (χ2v) is 4.86. The van der Waals surface area contributed by atoms with Gasteiger partial charge in [0.2, 0.25) is 0 Å². The number of phenolic OH excluding ortho intramolecular Hbond substituents is 1. The number of aliphatic hydroxyl groups excluding tert-OH is 1. The number of piperidine rings is 1. The second kappa shape index (κ2) is 5.38. The van der Waals surface area contributed by atoms with Crippen LogP contribution in [0.15, 0.2) is 18.2 Å². The first-order valence-corrected chi connectivity index (χ1v) is 6.23. The van der Waals surface area contributed by atoms with Crippen LogP contribution < -0.4 is 0 Å². The van der Waals surface area contributed by atoms with Crippen molar-refractivity contribution in [1.29, 1.82) is 5.26 Å². The number of nitriles is 1. The van der Waals surface area contributed by atoms with Gasteiger partial charge in [0, 0.05) is 18.7 Å². The average molecular weight is 246 g/mol. The summed E-state index contributed by atoms with van der Waals surface area (Å²) in [6.07, 6.45) is 1.11. The minimum atomic E-state index is -0.433. The fourth-order valence-electron chi connectivity index (χ4n) is 2.38. The van der Waals surface area contributed by atoms with Crippen LogP contribution in [0.2, 0.25) is 0 Å². The van der Waals surface area contributed by atoms with E-state index in [1.165, 1.54) is 0 Å². The van der Waals surface area contributed by atoms with E-state index >= 15 is 0 Å². The van der Waals surface area contributed by atoms with Crippen LogP contribution in [0.3, 0.4) is 0 Å². The lowest BCUT2D eigenvalue weighted by atomic mass is 9.99. The third kappa shape index (κ3) is 2.63. The maximum Gasteiger partial charge on any atom is 0.127 e. The first-order valence-electron chi connectivity index (χ1n) is 6.23. The number of nitrogens with zero attached hydrogens (tertiary/aromatic N) is 2. The summed E-state index contributed by atoms with van der Waals surface area (Å²) in [4.78, 5) is 2.02. The maximum absolute atomic E-state index is 9.89. The average Bonchev–Trinajstić information content (AvgIpc) is 2.37. The van der Waals surface area contributed by atoms with Crippen molar-refractivity contribution in [1.82, 2.24) is 4.90 Å². The number of phenols is 1. The highest BCUT2D eigenvalue weighted by atomic mass is 16.3. The summed E-state index contributed by atoms with van der Waals surface area (Å²) >= 11 is 0. The number of hydrogen-bond donors (Lipinski definition) is 2. The molecule has 1 saturated heterocycles. The molecule has 0 radical (unpaired) electrons. The van der Waals surface area contributed by atoms with Crippen molar-refractivity contribution >= 4 is 0 Å². The summed E-state index contributed by atoms with van der Waals surface area (Å²) in [7, 11) is 0. The van der Waals surface area contributed by atoms with Crippen LogP contribution in [0.4, 0.5) is 0 Å². The highest BCUT2D eigenvalue weighted by Crippen LogP contribution is 2.30. The summed E-state index contributed by atoms with van der Waals surface area (Å²) in [5, 5.41) is 28.7. The van der Waals surface area contributed by atoms with Crippen molar-refractivity contribution in [3.63, 3.8) is 0 Å². The number of aliphatic hydroxyl groups is 1. The Balaban J connectivity index is 2.23. The molecule has 0 bridgehead atoms. The molecule has 1 unspecified atom stereocenters. The number of aromatic hydroxyl groups is 1. The Morgan fingerprint density at radius 2 is 2.06 bits per heavy atom. The van der Waals surface area contributed by atoms with Gasteiger partial charge in [-0.2, -0.15) is 5.26 Å². The van der Waals surface area contributed by atoms with Gasteiger partial charge < -0.3 is 10.2 Å². The number of benzene rings is 1. The molecule has 1 fully saturated rings. The Bertz CT molecular complexity index is 459. The van der Waals surface area contributed by atoms with E-state index in [1.54, 1.807) is 6.07 Å². The van der Waals surface area contributed by atoms with Crippen LogP contribution in [-0.4, -0.2) is 34.3 Å². The number of hydrogen-bond acceptors (Lipinski definition) is 4. The SMILES string of the molecule is Cc1ccc(O)c(C(C#N)N2CCC(O)CC2)c1. The molecular weight excluding hydrogens is 228 g/mol. The van der Waals surface area contributed by atoms with E-state index in [9.17, 15) is 15.5 Å². The van der Waals surface area contributed by atoms with E-state index in [0.717, 1.165) is 5.56 Å². The summed E-state index contributed by atoms with van der Waals surface area (Å²) in [6, 6.07) is 7.14. The Morgan fingerprint density at radius 1 is 1.39 bits per heavy atom. The molecule has 0 aliphatic carbocycles. The Kier molecular flexibility index (Phi) is 3.85. The topological polar surface area (TPSA) is 67.5 Å². The van der Waals surface area contributed by atoms with Gasteiger partial charge in [-0.15, -0.1) is 0 Å². The van der Waals surface area contributed by atoms with E-state index in [0.29, 0.717) is 31.5 Å². The van der Waals surface area contributed by atoms with Crippen molar-refractivity contribution in [3.8, 4) is 11.8 Å². The van der Waals surface area contributed by atoms with Crippen molar-refractivity contribution in [2.45, 2.75) is 31.9 Å². The standard InChI is InChI=1S/C14H18N2O2/c1-10-2-3-14(18)12(8-10)13(9-15)16-6-4-11(17)5-7-16/h2-3,8,11,13,17-18H,4-7H2,1H3. The Morgan fingerprint density at radius 3 is 2.67 bits per heavy atom. The Labute approximate surface area is 107 Å². The van der Waals surface area contributed by atoms with Gasteiger partial charge in [0.05, 0.1) is 12.2 Å². The molecule has 0 spiro atoms. The van der Waals surface area contributed by atoms with E-state index < -0.39 is 6.04 Å². The maximum atomic E-state index is 9.89. The Hall–Kier alpha value is -1.57. The highest BCUT2D eigenvalue weighted by molar-refractivity contribution is 5.40. The lowest BCUT2D eigenvalue weighted by Gasteiger charge is -2.33. The molecule has 0 amide bonds. The van der Waals surface area contributed by atoms with E-state index in [2.05, 4.69) is 6.07 Å².